The lowest BCUT2D eigenvalue weighted by Gasteiger charge is -2.11. The zero-order valence-corrected chi connectivity index (χ0v) is 15.4. The molecule has 1 aromatic heterocycles. The number of nitrogens with one attached hydrogen (secondary N) is 2. The standard InChI is InChI=1S/C18H22N4O3S/c1-22-9-8-19-18(22)26-12-16(23)21-14-6-4-13(5-7-14)17(24)20-11-15-3-2-10-25-15/h4-9,15H,2-3,10-12H2,1H3,(H,20,24)(H,21,23). The molecule has 0 aliphatic carbocycles. The van der Waals surface area contributed by atoms with E-state index in [0.717, 1.165) is 24.6 Å². The van der Waals surface area contributed by atoms with Crippen LogP contribution in [0.1, 0.15) is 23.2 Å². The van der Waals surface area contributed by atoms with E-state index in [2.05, 4.69) is 15.6 Å². The van der Waals surface area contributed by atoms with E-state index in [-0.39, 0.29) is 23.7 Å². The molecule has 2 heterocycles. The Morgan fingerprint density at radius 3 is 2.81 bits per heavy atom. The van der Waals surface area contributed by atoms with E-state index in [1.54, 1.807) is 30.5 Å². The molecule has 138 valence electrons. The van der Waals surface area contributed by atoms with Crippen LogP contribution in [0.25, 0.3) is 0 Å². The summed E-state index contributed by atoms with van der Waals surface area (Å²) in [6.45, 7) is 1.30. The van der Waals surface area contributed by atoms with Crippen molar-refractivity contribution in [2.24, 2.45) is 7.05 Å². The first-order chi connectivity index (χ1) is 12.6. The van der Waals surface area contributed by atoms with Gasteiger partial charge in [-0.2, -0.15) is 0 Å². The summed E-state index contributed by atoms with van der Waals surface area (Å²) in [5, 5.41) is 6.49. The van der Waals surface area contributed by atoms with Crippen LogP contribution in [-0.2, 0) is 16.6 Å². The van der Waals surface area contributed by atoms with Crippen molar-refractivity contribution >= 4 is 29.3 Å². The van der Waals surface area contributed by atoms with Crippen molar-refractivity contribution in [2.75, 3.05) is 24.2 Å². The van der Waals surface area contributed by atoms with Crippen molar-refractivity contribution < 1.29 is 14.3 Å². The van der Waals surface area contributed by atoms with E-state index < -0.39 is 0 Å². The normalized spacial score (nSPS) is 16.4. The van der Waals surface area contributed by atoms with Gasteiger partial charge in [-0.15, -0.1) is 0 Å². The molecular weight excluding hydrogens is 352 g/mol. The van der Waals surface area contributed by atoms with Crippen LogP contribution in [0.15, 0.2) is 41.8 Å². The van der Waals surface area contributed by atoms with Crippen LogP contribution in [0.5, 0.6) is 0 Å². The third-order valence-corrected chi connectivity index (χ3v) is 5.11. The topological polar surface area (TPSA) is 85.2 Å². The molecule has 0 spiro atoms. The van der Waals surface area contributed by atoms with Gasteiger partial charge in [0, 0.05) is 43.8 Å². The Hall–Kier alpha value is -2.32. The van der Waals surface area contributed by atoms with Crippen molar-refractivity contribution in [1.82, 2.24) is 14.9 Å². The molecule has 2 aromatic rings. The average molecular weight is 374 g/mol. The first-order valence-electron chi connectivity index (χ1n) is 8.51. The Kier molecular flexibility index (Phi) is 6.30. The number of nitrogens with zero attached hydrogens (tertiary/aromatic N) is 2. The van der Waals surface area contributed by atoms with Gasteiger partial charge in [0.05, 0.1) is 11.9 Å². The molecular formula is C18H22N4O3S. The molecule has 1 saturated heterocycles. The molecule has 2 N–H and O–H groups in total. The van der Waals surface area contributed by atoms with Gasteiger partial charge in [-0.05, 0) is 37.1 Å². The zero-order chi connectivity index (χ0) is 18.4. The van der Waals surface area contributed by atoms with Crippen LogP contribution < -0.4 is 10.6 Å². The minimum Gasteiger partial charge on any atom is -0.376 e. The summed E-state index contributed by atoms with van der Waals surface area (Å²) >= 11 is 1.37. The smallest absolute Gasteiger partial charge is 0.251 e. The Morgan fingerprint density at radius 2 is 2.15 bits per heavy atom. The number of carbonyl (C=O) groups is 2. The van der Waals surface area contributed by atoms with Gasteiger partial charge in [0.25, 0.3) is 5.91 Å². The number of ether oxygens (including phenoxy) is 1. The predicted octanol–water partition coefficient (Wildman–Crippen LogP) is 2.06. The maximum absolute atomic E-state index is 12.1. The number of thioether (sulfide) groups is 1. The molecule has 1 aromatic carbocycles. The minimum absolute atomic E-state index is 0.117. The summed E-state index contributed by atoms with van der Waals surface area (Å²) in [7, 11) is 1.88. The molecule has 1 aliphatic rings. The number of carbonyl (C=O) groups excluding carboxylic acids is 2. The second kappa shape index (κ2) is 8.86. The van der Waals surface area contributed by atoms with Crippen LogP contribution in [-0.4, -0.2) is 46.4 Å². The number of anilines is 1. The fraction of sp³-hybridized carbons (Fsp3) is 0.389. The molecule has 1 fully saturated rings. The summed E-state index contributed by atoms with van der Waals surface area (Å²) < 4.78 is 7.35. The van der Waals surface area contributed by atoms with Gasteiger partial charge >= 0.3 is 0 Å². The van der Waals surface area contributed by atoms with Crippen LogP contribution >= 0.6 is 11.8 Å². The summed E-state index contributed by atoms with van der Waals surface area (Å²) in [6.07, 6.45) is 5.69. The second-order valence-corrected chi connectivity index (χ2v) is 7.02. The monoisotopic (exact) mass is 374 g/mol. The van der Waals surface area contributed by atoms with Gasteiger partial charge in [-0.1, -0.05) is 11.8 Å². The van der Waals surface area contributed by atoms with E-state index in [1.807, 2.05) is 17.8 Å². The molecule has 2 amide bonds. The van der Waals surface area contributed by atoms with Crippen molar-refractivity contribution in [3.05, 3.63) is 42.2 Å². The second-order valence-electron chi connectivity index (χ2n) is 6.08. The highest BCUT2D eigenvalue weighted by Crippen LogP contribution is 2.16. The third kappa shape index (κ3) is 5.09. The van der Waals surface area contributed by atoms with Gasteiger partial charge in [0.15, 0.2) is 5.16 Å². The quantitative estimate of drug-likeness (QED) is 0.725. The van der Waals surface area contributed by atoms with Crippen molar-refractivity contribution in [3.8, 4) is 0 Å². The molecule has 1 atom stereocenters. The molecule has 7 nitrogen and oxygen atoms in total. The van der Waals surface area contributed by atoms with Crippen molar-refractivity contribution in [2.45, 2.75) is 24.1 Å². The van der Waals surface area contributed by atoms with Crippen molar-refractivity contribution in [1.29, 1.82) is 0 Å². The largest absolute Gasteiger partial charge is 0.376 e. The maximum Gasteiger partial charge on any atom is 0.251 e. The summed E-state index contributed by atoms with van der Waals surface area (Å²) in [5.41, 5.74) is 1.22. The molecule has 0 radical (unpaired) electrons. The number of aromatic nitrogens is 2. The molecule has 0 bridgehead atoms. The number of imidazole rings is 1. The van der Waals surface area contributed by atoms with Crippen LogP contribution in [0.4, 0.5) is 5.69 Å². The SMILES string of the molecule is Cn1ccnc1SCC(=O)Nc1ccc(C(=O)NCC2CCCO2)cc1. The minimum atomic E-state index is -0.135. The summed E-state index contributed by atoms with van der Waals surface area (Å²) in [6, 6.07) is 6.85. The van der Waals surface area contributed by atoms with Gasteiger partial charge in [-0.3, -0.25) is 9.59 Å². The lowest BCUT2D eigenvalue weighted by atomic mass is 10.2. The van der Waals surface area contributed by atoms with Crippen LogP contribution in [0.3, 0.4) is 0 Å². The third-order valence-electron chi connectivity index (χ3n) is 4.05. The molecule has 26 heavy (non-hydrogen) atoms. The van der Waals surface area contributed by atoms with Crippen LogP contribution in [0.2, 0.25) is 0 Å². The Bertz CT molecular complexity index is 754. The van der Waals surface area contributed by atoms with Crippen LogP contribution in [0, 0.1) is 0 Å². The van der Waals surface area contributed by atoms with E-state index in [1.165, 1.54) is 11.8 Å². The van der Waals surface area contributed by atoms with Gasteiger partial charge in [0.1, 0.15) is 0 Å². The highest BCUT2D eigenvalue weighted by atomic mass is 32.2. The molecule has 1 aliphatic heterocycles. The Balaban J connectivity index is 1.45. The van der Waals surface area contributed by atoms with Crippen molar-refractivity contribution in [3.63, 3.8) is 0 Å². The average Bonchev–Trinajstić information content (AvgIpc) is 3.30. The molecule has 3 rings (SSSR count). The van der Waals surface area contributed by atoms with E-state index >= 15 is 0 Å². The predicted molar refractivity (Wildman–Crippen MR) is 100 cm³/mol. The fourth-order valence-corrected chi connectivity index (χ4v) is 3.37. The van der Waals surface area contributed by atoms with Gasteiger partial charge in [0.2, 0.25) is 5.91 Å². The first kappa shape index (κ1) is 18.5. The lowest BCUT2D eigenvalue weighted by Crippen LogP contribution is -2.31. The molecule has 0 saturated carbocycles. The summed E-state index contributed by atoms with van der Waals surface area (Å²) in [4.78, 5) is 28.3. The van der Waals surface area contributed by atoms with E-state index in [9.17, 15) is 9.59 Å². The lowest BCUT2D eigenvalue weighted by molar-refractivity contribution is -0.113. The van der Waals surface area contributed by atoms with E-state index in [4.69, 9.17) is 4.74 Å². The highest BCUT2D eigenvalue weighted by molar-refractivity contribution is 7.99. The number of rotatable bonds is 7. The molecule has 1 unspecified atom stereocenters. The first-order valence-corrected chi connectivity index (χ1v) is 9.50. The number of hydrogen-bond donors (Lipinski definition) is 2. The Morgan fingerprint density at radius 1 is 1.35 bits per heavy atom. The van der Waals surface area contributed by atoms with E-state index in [0.29, 0.717) is 17.8 Å². The zero-order valence-electron chi connectivity index (χ0n) is 14.6. The summed E-state index contributed by atoms with van der Waals surface area (Å²) in [5.74, 6) is 0.0198. The maximum atomic E-state index is 12.1. The molecule has 8 heteroatoms. The fourth-order valence-electron chi connectivity index (χ4n) is 2.64. The number of benzene rings is 1. The Labute approximate surface area is 156 Å². The number of amides is 2. The van der Waals surface area contributed by atoms with Gasteiger partial charge < -0.3 is 19.9 Å². The number of aryl methyl sites for hydroxylation is 1. The highest BCUT2D eigenvalue weighted by Gasteiger charge is 2.16. The number of hydrogen-bond acceptors (Lipinski definition) is 5. The van der Waals surface area contributed by atoms with Gasteiger partial charge in [-0.25, -0.2) is 4.98 Å².